The number of hydrogen-bond acceptors (Lipinski definition) is 6. The van der Waals surface area contributed by atoms with Crippen LogP contribution in [0.3, 0.4) is 0 Å². The molecule has 0 atom stereocenters. The zero-order valence-corrected chi connectivity index (χ0v) is 18.4. The molecule has 3 aromatic rings. The molecule has 0 bridgehead atoms. The summed E-state index contributed by atoms with van der Waals surface area (Å²) in [4.78, 5) is 23.0. The third-order valence-electron chi connectivity index (χ3n) is 4.37. The lowest BCUT2D eigenvalue weighted by Crippen LogP contribution is -2.22. The van der Waals surface area contributed by atoms with Crippen molar-refractivity contribution in [3.8, 4) is 5.75 Å². The molecule has 2 amide bonds. The van der Waals surface area contributed by atoms with Gasteiger partial charge in [-0.05, 0) is 60.2 Å². The first-order chi connectivity index (χ1) is 15.8. The SMILES string of the molecule is NC(=O)CCOc1ccc(NC(=O)/C=C/c2ccc(S(=O)(=O)NCc3ccco3)cc2)cc1. The Balaban J connectivity index is 1.51. The van der Waals surface area contributed by atoms with Gasteiger partial charge in [0, 0.05) is 11.8 Å². The number of nitrogens with two attached hydrogens (primary N) is 1. The van der Waals surface area contributed by atoms with Crippen molar-refractivity contribution in [2.24, 2.45) is 5.73 Å². The first-order valence-electron chi connectivity index (χ1n) is 9.94. The number of furan rings is 1. The van der Waals surface area contributed by atoms with Crippen LogP contribution in [0.4, 0.5) is 5.69 Å². The van der Waals surface area contributed by atoms with Crippen LogP contribution >= 0.6 is 0 Å². The van der Waals surface area contributed by atoms with Crippen molar-refractivity contribution in [1.29, 1.82) is 0 Å². The van der Waals surface area contributed by atoms with Crippen molar-refractivity contribution >= 4 is 33.6 Å². The van der Waals surface area contributed by atoms with Crippen molar-refractivity contribution < 1.29 is 27.2 Å². The lowest BCUT2D eigenvalue weighted by Gasteiger charge is -2.07. The Bertz CT molecular complexity index is 1200. The van der Waals surface area contributed by atoms with Crippen molar-refractivity contribution in [2.75, 3.05) is 11.9 Å². The predicted octanol–water partition coefficient (Wildman–Crippen LogP) is 2.66. The molecule has 0 aliphatic rings. The second kappa shape index (κ2) is 11.1. The van der Waals surface area contributed by atoms with Crippen molar-refractivity contribution in [3.63, 3.8) is 0 Å². The molecular weight excluding hydrogens is 446 g/mol. The third-order valence-corrected chi connectivity index (χ3v) is 5.79. The molecule has 1 heterocycles. The molecular formula is C23H23N3O6S. The zero-order valence-electron chi connectivity index (χ0n) is 17.6. The molecule has 172 valence electrons. The second-order valence-corrected chi connectivity index (χ2v) is 8.65. The number of primary amides is 1. The van der Waals surface area contributed by atoms with E-state index in [2.05, 4.69) is 10.0 Å². The van der Waals surface area contributed by atoms with Gasteiger partial charge in [0.15, 0.2) is 0 Å². The second-order valence-electron chi connectivity index (χ2n) is 6.88. The van der Waals surface area contributed by atoms with E-state index < -0.39 is 15.9 Å². The Morgan fingerprint density at radius 3 is 2.39 bits per heavy atom. The lowest BCUT2D eigenvalue weighted by molar-refractivity contribution is -0.118. The van der Waals surface area contributed by atoms with Crippen molar-refractivity contribution in [3.05, 3.63) is 84.3 Å². The molecule has 0 saturated carbocycles. The number of nitrogens with one attached hydrogen (secondary N) is 2. The summed E-state index contributed by atoms with van der Waals surface area (Å²) in [6.45, 7) is 0.238. The van der Waals surface area contributed by atoms with Gasteiger partial charge in [0.1, 0.15) is 11.5 Å². The third kappa shape index (κ3) is 7.63. The largest absolute Gasteiger partial charge is 0.493 e. The van der Waals surface area contributed by atoms with E-state index in [1.807, 2.05) is 0 Å². The molecule has 3 rings (SSSR count). The average molecular weight is 470 g/mol. The lowest BCUT2D eigenvalue weighted by atomic mass is 10.2. The molecule has 4 N–H and O–H groups in total. The zero-order chi connectivity index (χ0) is 23.7. The summed E-state index contributed by atoms with van der Waals surface area (Å²) in [5.74, 6) is 0.269. The summed E-state index contributed by atoms with van der Waals surface area (Å²) in [6.07, 6.45) is 4.51. The van der Waals surface area contributed by atoms with Gasteiger partial charge in [-0.15, -0.1) is 0 Å². The van der Waals surface area contributed by atoms with E-state index in [1.165, 1.54) is 24.5 Å². The summed E-state index contributed by atoms with van der Waals surface area (Å²) in [7, 11) is -3.69. The quantitative estimate of drug-likeness (QED) is 0.369. The molecule has 0 aliphatic carbocycles. The number of hydrogen-bond donors (Lipinski definition) is 3. The summed E-state index contributed by atoms with van der Waals surface area (Å²) in [6, 6.07) is 16.1. The number of rotatable bonds is 11. The van der Waals surface area contributed by atoms with Crippen molar-refractivity contribution in [1.82, 2.24) is 4.72 Å². The Morgan fingerprint density at radius 1 is 1.03 bits per heavy atom. The topological polar surface area (TPSA) is 141 Å². The van der Waals surface area contributed by atoms with Crippen molar-refractivity contribution in [2.45, 2.75) is 17.9 Å². The maximum Gasteiger partial charge on any atom is 0.248 e. The normalized spacial score (nSPS) is 11.4. The van der Waals surface area contributed by atoms with E-state index in [9.17, 15) is 18.0 Å². The van der Waals surface area contributed by atoms with Crippen LogP contribution in [0.25, 0.3) is 6.08 Å². The minimum Gasteiger partial charge on any atom is -0.493 e. The number of carbonyl (C=O) groups is 2. The summed E-state index contributed by atoms with van der Waals surface area (Å²) in [5.41, 5.74) is 6.28. The van der Waals surface area contributed by atoms with E-state index in [-0.39, 0.29) is 30.4 Å². The Kier molecular flexibility index (Phi) is 8.01. The smallest absolute Gasteiger partial charge is 0.248 e. The number of benzene rings is 2. The van der Waals surface area contributed by atoms with Crippen LogP contribution in [0.15, 0.2) is 82.3 Å². The van der Waals surface area contributed by atoms with Crippen LogP contribution in [-0.2, 0) is 26.2 Å². The fraction of sp³-hybridized carbons (Fsp3) is 0.130. The molecule has 9 nitrogen and oxygen atoms in total. The summed E-state index contributed by atoms with van der Waals surface area (Å²) < 4.78 is 37.7. The fourth-order valence-electron chi connectivity index (χ4n) is 2.68. The van der Waals surface area contributed by atoms with Gasteiger partial charge in [-0.3, -0.25) is 9.59 Å². The number of carbonyl (C=O) groups excluding carboxylic acids is 2. The minimum atomic E-state index is -3.69. The minimum absolute atomic E-state index is 0.0532. The first kappa shape index (κ1) is 23.8. The molecule has 10 heteroatoms. The van der Waals surface area contributed by atoms with Gasteiger partial charge in [0.2, 0.25) is 21.8 Å². The summed E-state index contributed by atoms with van der Waals surface area (Å²) >= 11 is 0. The Hall–Kier alpha value is -3.89. The number of sulfonamides is 1. The monoisotopic (exact) mass is 469 g/mol. The van der Waals surface area contributed by atoms with E-state index in [0.29, 0.717) is 22.8 Å². The van der Waals surface area contributed by atoms with Gasteiger partial charge >= 0.3 is 0 Å². The fourth-order valence-corrected chi connectivity index (χ4v) is 3.67. The standard InChI is InChI=1S/C23H23N3O6S/c24-22(27)13-15-32-19-8-6-18(7-9-19)26-23(28)12-5-17-3-10-21(11-4-17)33(29,30)25-16-20-2-1-14-31-20/h1-12,14,25H,13,15-16H2,(H2,24,27)(H,26,28)/b12-5+. The maximum atomic E-state index is 12.4. The Morgan fingerprint density at radius 2 is 1.76 bits per heavy atom. The number of anilines is 1. The van der Waals surface area contributed by atoms with E-state index in [0.717, 1.165) is 0 Å². The summed E-state index contributed by atoms with van der Waals surface area (Å²) in [5, 5.41) is 2.71. The van der Waals surface area contributed by atoms with Crippen LogP contribution in [0, 0.1) is 0 Å². The van der Waals surface area contributed by atoms with Gasteiger partial charge in [-0.25, -0.2) is 13.1 Å². The van der Waals surface area contributed by atoms with Gasteiger partial charge in [0.25, 0.3) is 0 Å². The van der Waals surface area contributed by atoms with E-state index in [1.54, 1.807) is 54.6 Å². The molecule has 33 heavy (non-hydrogen) atoms. The van der Waals surface area contributed by atoms with Gasteiger partial charge < -0.3 is 20.2 Å². The highest BCUT2D eigenvalue weighted by atomic mass is 32.2. The number of ether oxygens (including phenoxy) is 1. The van der Waals surface area contributed by atoms with Crippen LogP contribution in [0.2, 0.25) is 0 Å². The highest BCUT2D eigenvalue weighted by Gasteiger charge is 2.14. The van der Waals surface area contributed by atoms with Crippen LogP contribution < -0.4 is 20.5 Å². The average Bonchev–Trinajstić information content (AvgIpc) is 3.32. The molecule has 0 radical (unpaired) electrons. The molecule has 1 aromatic heterocycles. The molecule has 0 fully saturated rings. The van der Waals surface area contributed by atoms with E-state index >= 15 is 0 Å². The van der Waals surface area contributed by atoms with E-state index in [4.69, 9.17) is 14.9 Å². The molecule has 0 saturated heterocycles. The molecule has 2 aromatic carbocycles. The van der Waals surface area contributed by atoms with Gasteiger partial charge in [-0.1, -0.05) is 12.1 Å². The maximum absolute atomic E-state index is 12.4. The first-order valence-corrected chi connectivity index (χ1v) is 11.4. The van der Waals surface area contributed by atoms with Crippen LogP contribution in [0.1, 0.15) is 17.7 Å². The van der Waals surface area contributed by atoms with Gasteiger partial charge in [0.05, 0.1) is 30.7 Å². The molecule has 0 aliphatic heterocycles. The molecule has 0 spiro atoms. The Labute approximate surface area is 191 Å². The molecule has 0 unspecified atom stereocenters. The van der Waals surface area contributed by atoms with Crippen LogP contribution in [0.5, 0.6) is 5.75 Å². The highest BCUT2D eigenvalue weighted by Crippen LogP contribution is 2.16. The van der Waals surface area contributed by atoms with Crippen LogP contribution in [-0.4, -0.2) is 26.8 Å². The predicted molar refractivity (Wildman–Crippen MR) is 123 cm³/mol. The van der Waals surface area contributed by atoms with Gasteiger partial charge in [-0.2, -0.15) is 0 Å². The highest BCUT2D eigenvalue weighted by molar-refractivity contribution is 7.89. The number of amides is 2.